The summed E-state index contributed by atoms with van der Waals surface area (Å²) in [5.74, 6) is 0.936. The number of benzene rings is 1. The topological polar surface area (TPSA) is 56.3 Å². The van der Waals surface area contributed by atoms with E-state index in [2.05, 4.69) is 16.6 Å². The largest absolute Gasteiger partial charge is 0.598 e. The Morgan fingerprint density at radius 2 is 2.04 bits per heavy atom. The number of rotatable bonds is 7. The first-order chi connectivity index (χ1) is 12.3. The van der Waals surface area contributed by atoms with Gasteiger partial charge in [0.25, 0.3) is 0 Å². The van der Waals surface area contributed by atoms with Crippen LogP contribution in [0.15, 0.2) is 24.8 Å². The van der Waals surface area contributed by atoms with Crippen molar-refractivity contribution in [2.24, 2.45) is 5.92 Å². The van der Waals surface area contributed by atoms with E-state index in [9.17, 15) is 4.55 Å². The Labute approximate surface area is 170 Å². The van der Waals surface area contributed by atoms with Crippen LogP contribution in [0, 0.1) is 5.92 Å². The van der Waals surface area contributed by atoms with Crippen LogP contribution in [0.3, 0.4) is 0 Å². The van der Waals surface area contributed by atoms with E-state index in [-0.39, 0.29) is 12.0 Å². The van der Waals surface area contributed by atoms with Crippen molar-refractivity contribution in [2.75, 3.05) is 19.7 Å². The van der Waals surface area contributed by atoms with Gasteiger partial charge in [-0.2, -0.15) is 0 Å². The second kappa shape index (κ2) is 9.67. The Morgan fingerprint density at radius 3 is 2.62 bits per heavy atom. The molecule has 0 saturated carbocycles. The van der Waals surface area contributed by atoms with Gasteiger partial charge in [0.1, 0.15) is 17.1 Å². The lowest BCUT2D eigenvalue weighted by atomic mass is 9.86. The van der Waals surface area contributed by atoms with Gasteiger partial charge in [-0.3, -0.25) is 0 Å². The Balaban J connectivity index is 2.45. The molecular weight excluding hydrogens is 391 g/mol. The molecule has 146 valence electrons. The minimum atomic E-state index is -1.25. The Morgan fingerprint density at radius 1 is 1.38 bits per heavy atom. The highest BCUT2D eigenvalue weighted by atomic mass is 35.5. The van der Waals surface area contributed by atoms with E-state index >= 15 is 0 Å². The predicted molar refractivity (Wildman–Crippen MR) is 112 cm³/mol. The van der Waals surface area contributed by atoms with E-state index < -0.39 is 16.1 Å². The molecule has 2 rings (SSSR count). The normalized spacial score (nSPS) is 18.4. The molecule has 1 aliphatic heterocycles. The molecule has 1 heterocycles. The monoisotopic (exact) mass is 418 g/mol. The van der Waals surface area contributed by atoms with E-state index in [0.717, 1.165) is 31.5 Å². The standard InChI is InChI=1S/C19H28Cl2N2O2S/c1-5-12-25-15-7-6-14(20)17(21)16(15)18(13-8-10-22-11-9-13)23-26(24)19(2,3)4/h5-7,13,18,22-23H,1,8-12H2,2-4H3/t18-,26?/m1/s1. The van der Waals surface area contributed by atoms with E-state index in [0.29, 0.717) is 22.4 Å². The van der Waals surface area contributed by atoms with Crippen LogP contribution in [-0.4, -0.2) is 29.0 Å². The van der Waals surface area contributed by atoms with Crippen molar-refractivity contribution in [1.29, 1.82) is 0 Å². The highest BCUT2D eigenvalue weighted by Crippen LogP contribution is 2.42. The summed E-state index contributed by atoms with van der Waals surface area (Å²) in [6.07, 6.45) is 3.61. The Kier molecular flexibility index (Phi) is 8.13. The van der Waals surface area contributed by atoms with Gasteiger partial charge in [0.05, 0.1) is 16.1 Å². The van der Waals surface area contributed by atoms with Crippen LogP contribution in [0.1, 0.15) is 45.2 Å². The molecule has 0 spiro atoms. The molecule has 4 nitrogen and oxygen atoms in total. The van der Waals surface area contributed by atoms with Gasteiger partial charge in [0, 0.05) is 16.9 Å². The summed E-state index contributed by atoms with van der Waals surface area (Å²) in [5, 5.41) is 4.29. The zero-order valence-electron chi connectivity index (χ0n) is 15.6. The number of nitrogens with one attached hydrogen (secondary N) is 2. The van der Waals surface area contributed by atoms with Crippen molar-refractivity contribution in [1.82, 2.24) is 10.0 Å². The molecule has 0 aromatic heterocycles. The lowest BCUT2D eigenvalue weighted by Crippen LogP contribution is -2.45. The molecule has 1 fully saturated rings. The number of piperidine rings is 1. The molecule has 1 aromatic rings. The summed E-state index contributed by atoms with van der Waals surface area (Å²) in [5.41, 5.74) is 0.783. The third-order valence-corrected chi connectivity index (χ3v) is 6.81. The summed E-state index contributed by atoms with van der Waals surface area (Å²) in [6.45, 7) is 11.8. The molecule has 1 aliphatic rings. The molecule has 0 bridgehead atoms. The summed E-state index contributed by atoms with van der Waals surface area (Å²) in [6, 6.07) is 3.35. The summed E-state index contributed by atoms with van der Waals surface area (Å²) in [7, 11) is 0. The van der Waals surface area contributed by atoms with Gasteiger partial charge >= 0.3 is 0 Å². The molecule has 0 aliphatic carbocycles. The summed E-state index contributed by atoms with van der Waals surface area (Å²) >= 11 is 11.7. The quantitative estimate of drug-likeness (QED) is 0.499. The number of hydrogen-bond acceptors (Lipinski definition) is 4. The summed E-state index contributed by atoms with van der Waals surface area (Å²) < 4.78 is 21.6. The van der Waals surface area contributed by atoms with Crippen molar-refractivity contribution >= 4 is 34.6 Å². The van der Waals surface area contributed by atoms with E-state index in [1.165, 1.54) is 0 Å². The lowest BCUT2D eigenvalue weighted by Gasteiger charge is -2.35. The fourth-order valence-corrected chi connectivity index (χ4v) is 4.31. The third-order valence-electron chi connectivity index (χ3n) is 4.41. The van der Waals surface area contributed by atoms with Gasteiger partial charge in [0.15, 0.2) is 0 Å². The molecule has 0 amide bonds. The fourth-order valence-electron chi connectivity index (χ4n) is 2.97. The molecule has 2 N–H and O–H groups in total. The van der Waals surface area contributed by atoms with Crippen LogP contribution in [0.25, 0.3) is 0 Å². The SMILES string of the molecule is C=CCOc1ccc(Cl)c(Cl)c1[C@H](N[S+]([O-])C(C)(C)C)C1CCNCC1. The summed E-state index contributed by atoms with van der Waals surface area (Å²) in [4.78, 5) is 0. The zero-order valence-corrected chi connectivity index (χ0v) is 17.9. The second-order valence-electron chi connectivity index (χ2n) is 7.44. The highest BCUT2D eigenvalue weighted by molar-refractivity contribution is 7.90. The van der Waals surface area contributed by atoms with Crippen molar-refractivity contribution in [3.63, 3.8) is 0 Å². The van der Waals surface area contributed by atoms with Crippen molar-refractivity contribution in [2.45, 2.75) is 44.4 Å². The maximum atomic E-state index is 12.9. The predicted octanol–water partition coefficient (Wildman–Crippen LogP) is 4.65. The molecule has 2 atom stereocenters. The minimum Gasteiger partial charge on any atom is -0.598 e. The van der Waals surface area contributed by atoms with E-state index in [1.807, 2.05) is 26.8 Å². The van der Waals surface area contributed by atoms with Gasteiger partial charge in [-0.15, -0.1) is 4.72 Å². The fraction of sp³-hybridized carbons (Fsp3) is 0.579. The maximum Gasteiger partial charge on any atom is 0.136 e. The van der Waals surface area contributed by atoms with Gasteiger partial charge in [0.2, 0.25) is 0 Å². The Bertz CT molecular complexity index is 616. The van der Waals surface area contributed by atoms with Crippen LogP contribution < -0.4 is 14.8 Å². The first-order valence-electron chi connectivity index (χ1n) is 8.86. The molecule has 1 saturated heterocycles. The van der Waals surface area contributed by atoms with Gasteiger partial charge in [-0.1, -0.05) is 35.9 Å². The number of ether oxygens (including phenoxy) is 1. The Hall–Kier alpha value is -0.430. The van der Waals surface area contributed by atoms with Crippen LogP contribution in [0.5, 0.6) is 5.75 Å². The molecule has 26 heavy (non-hydrogen) atoms. The van der Waals surface area contributed by atoms with Crippen LogP contribution in [0.4, 0.5) is 0 Å². The van der Waals surface area contributed by atoms with E-state index in [4.69, 9.17) is 27.9 Å². The number of halogens is 2. The highest BCUT2D eigenvalue weighted by Gasteiger charge is 2.37. The average molecular weight is 419 g/mol. The molecule has 7 heteroatoms. The van der Waals surface area contributed by atoms with Crippen LogP contribution >= 0.6 is 23.2 Å². The lowest BCUT2D eigenvalue weighted by molar-refractivity contribution is 0.292. The van der Waals surface area contributed by atoms with Gasteiger partial charge < -0.3 is 14.6 Å². The van der Waals surface area contributed by atoms with Crippen molar-refractivity contribution < 1.29 is 9.29 Å². The molecule has 1 unspecified atom stereocenters. The van der Waals surface area contributed by atoms with Crippen molar-refractivity contribution in [3.8, 4) is 5.75 Å². The van der Waals surface area contributed by atoms with Crippen molar-refractivity contribution in [3.05, 3.63) is 40.4 Å². The van der Waals surface area contributed by atoms with E-state index in [1.54, 1.807) is 12.1 Å². The third kappa shape index (κ3) is 5.54. The smallest absolute Gasteiger partial charge is 0.136 e. The second-order valence-corrected chi connectivity index (χ2v) is 10.2. The first kappa shape index (κ1) is 21.9. The van der Waals surface area contributed by atoms with Crippen LogP contribution in [0.2, 0.25) is 10.0 Å². The average Bonchev–Trinajstić information content (AvgIpc) is 2.61. The molecular formula is C19H28Cl2N2O2S. The number of hydrogen-bond donors (Lipinski definition) is 2. The van der Waals surface area contributed by atoms with Crippen LogP contribution in [-0.2, 0) is 11.4 Å². The minimum absolute atomic E-state index is 0.205. The van der Waals surface area contributed by atoms with Gasteiger partial charge in [-0.05, 0) is 64.8 Å². The maximum absolute atomic E-state index is 12.9. The first-order valence-corrected chi connectivity index (χ1v) is 10.8. The zero-order chi connectivity index (χ0) is 19.3. The van der Waals surface area contributed by atoms with Gasteiger partial charge in [-0.25, -0.2) is 0 Å². The molecule has 0 radical (unpaired) electrons. The molecule has 1 aromatic carbocycles.